The van der Waals surface area contributed by atoms with E-state index in [1.165, 1.54) is 5.56 Å². The second kappa shape index (κ2) is 10.5. The lowest BCUT2D eigenvalue weighted by molar-refractivity contribution is 0.103. The molecule has 0 bridgehead atoms. The Morgan fingerprint density at radius 1 is 0.943 bits per heavy atom. The summed E-state index contributed by atoms with van der Waals surface area (Å²) in [5.41, 5.74) is 5.32. The minimum Gasteiger partial charge on any atom is -0.439 e. The second-order valence-corrected chi connectivity index (χ2v) is 9.54. The van der Waals surface area contributed by atoms with Gasteiger partial charge < -0.3 is 9.84 Å². The number of rotatable bonds is 10. The summed E-state index contributed by atoms with van der Waals surface area (Å²) in [5.74, 6) is 1.52. The van der Waals surface area contributed by atoms with E-state index in [0.29, 0.717) is 25.6 Å². The molecule has 0 unspecified atom stereocenters. The Hall–Kier alpha value is -3.41. The smallest absolute Gasteiger partial charge is 0.227 e. The fourth-order valence-electron chi connectivity index (χ4n) is 4.49. The lowest BCUT2D eigenvalue weighted by Gasteiger charge is -2.25. The van der Waals surface area contributed by atoms with Crippen molar-refractivity contribution in [2.24, 2.45) is 0 Å². The molecule has 5 nitrogen and oxygen atoms in total. The third kappa shape index (κ3) is 5.81. The van der Waals surface area contributed by atoms with Gasteiger partial charge in [0.2, 0.25) is 5.88 Å². The Bertz CT molecular complexity index is 1230. The number of hydrogen-bond acceptors (Lipinski definition) is 4. The summed E-state index contributed by atoms with van der Waals surface area (Å²) >= 11 is 0. The zero-order chi connectivity index (χ0) is 24.2. The molecule has 5 heteroatoms. The molecule has 0 aliphatic heterocycles. The predicted molar refractivity (Wildman–Crippen MR) is 139 cm³/mol. The van der Waals surface area contributed by atoms with Crippen molar-refractivity contribution in [3.63, 3.8) is 0 Å². The molecule has 35 heavy (non-hydrogen) atoms. The summed E-state index contributed by atoms with van der Waals surface area (Å²) in [4.78, 5) is 2.40. The van der Waals surface area contributed by atoms with Crippen LogP contribution in [0.3, 0.4) is 0 Å². The van der Waals surface area contributed by atoms with Crippen molar-refractivity contribution < 1.29 is 9.84 Å². The molecule has 0 radical (unpaired) electrons. The topological polar surface area (TPSA) is 50.5 Å². The molecule has 1 fully saturated rings. The zero-order valence-corrected chi connectivity index (χ0v) is 20.5. The van der Waals surface area contributed by atoms with Crippen molar-refractivity contribution in [2.45, 2.75) is 51.8 Å². The van der Waals surface area contributed by atoms with Crippen molar-refractivity contribution in [1.29, 1.82) is 0 Å². The molecule has 1 atom stereocenters. The molecule has 1 saturated carbocycles. The van der Waals surface area contributed by atoms with Crippen molar-refractivity contribution in [3.8, 4) is 17.3 Å². The van der Waals surface area contributed by atoms with Gasteiger partial charge in [-0.05, 0) is 62.9 Å². The minimum atomic E-state index is -0.427. The summed E-state index contributed by atoms with van der Waals surface area (Å²) in [6, 6.07) is 28.9. The van der Waals surface area contributed by atoms with Gasteiger partial charge in [0.1, 0.15) is 5.75 Å². The third-order valence-electron chi connectivity index (χ3n) is 6.56. The summed E-state index contributed by atoms with van der Waals surface area (Å²) in [6.07, 6.45) is 2.55. The third-order valence-corrected chi connectivity index (χ3v) is 6.56. The van der Waals surface area contributed by atoms with Gasteiger partial charge in [0.05, 0.1) is 23.0 Å². The number of ether oxygens (including phenoxy) is 1. The highest BCUT2D eigenvalue weighted by atomic mass is 16.5. The Labute approximate surface area is 207 Å². The molecule has 1 aromatic heterocycles. The van der Waals surface area contributed by atoms with Crippen LogP contribution in [0.2, 0.25) is 0 Å². The number of aromatic nitrogens is 2. The van der Waals surface area contributed by atoms with Crippen LogP contribution in [0.5, 0.6) is 11.6 Å². The van der Waals surface area contributed by atoms with Crippen LogP contribution in [-0.4, -0.2) is 38.5 Å². The fourth-order valence-corrected chi connectivity index (χ4v) is 4.49. The molecule has 1 N–H and O–H groups in total. The highest BCUT2D eigenvalue weighted by Crippen LogP contribution is 2.35. The summed E-state index contributed by atoms with van der Waals surface area (Å²) in [5, 5.41) is 15.8. The number of hydrogen-bond donors (Lipinski definition) is 1. The maximum Gasteiger partial charge on any atom is 0.227 e. The first-order valence-corrected chi connectivity index (χ1v) is 12.4. The van der Waals surface area contributed by atoms with E-state index in [2.05, 4.69) is 36.1 Å². The van der Waals surface area contributed by atoms with Crippen LogP contribution in [0, 0.1) is 13.8 Å². The van der Waals surface area contributed by atoms with Crippen LogP contribution in [0.15, 0.2) is 84.9 Å². The number of para-hydroxylation sites is 1. The molecular formula is C30H33N3O2. The van der Waals surface area contributed by atoms with Crippen molar-refractivity contribution in [2.75, 3.05) is 6.54 Å². The number of aryl methyl sites for hydroxylation is 2. The first-order chi connectivity index (χ1) is 17.1. The first kappa shape index (κ1) is 23.3. The van der Waals surface area contributed by atoms with Gasteiger partial charge >= 0.3 is 0 Å². The normalized spacial score (nSPS) is 14.3. The maximum absolute atomic E-state index is 10.9. The van der Waals surface area contributed by atoms with Crippen LogP contribution in [0.25, 0.3) is 5.69 Å². The fraction of sp³-hybridized carbons (Fsp3) is 0.300. The number of aliphatic hydroxyl groups excluding tert-OH is 1. The number of benzene rings is 3. The van der Waals surface area contributed by atoms with Crippen LogP contribution >= 0.6 is 0 Å². The highest BCUT2D eigenvalue weighted by molar-refractivity contribution is 5.43. The molecule has 1 aliphatic carbocycles. The van der Waals surface area contributed by atoms with E-state index >= 15 is 0 Å². The van der Waals surface area contributed by atoms with E-state index in [0.717, 1.165) is 47.0 Å². The van der Waals surface area contributed by atoms with Gasteiger partial charge in [-0.2, -0.15) is 5.10 Å². The van der Waals surface area contributed by atoms with Gasteiger partial charge in [0.25, 0.3) is 0 Å². The average Bonchev–Trinajstić information content (AvgIpc) is 3.67. The van der Waals surface area contributed by atoms with Gasteiger partial charge in [-0.1, -0.05) is 66.2 Å². The van der Waals surface area contributed by atoms with E-state index in [1.54, 1.807) is 0 Å². The molecule has 1 heterocycles. The quantitative estimate of drug-likeness (QED) is 0.318. The lowest BCUT2D eigenvalue weighted by atomic mass is 10.1. The molecule has 180 valence electrons. The monoisotopic (exact) mass is 467 g/mol. The van der Waals surface area contributed by atoms with Gasteiger partial charge in [-0.3, -0.25) is 4.90 Å². The van der Waals surface area contributed by atoms with Gasteiger partial charge in [0, 0.05) is 19.1 Å². The van der Waals surface area contributed by atoms with Gasteiger partial charge in [0.15, 0.2) is 0 Å². The Kier molecular flexibility index (Phi) is 6.98. The summed E-state index contributed by atoms with van der Waals surface area (Å²) < 4.78 is 8.38. The largest absolute Gasteiger partial charge is 0.439 e. The zero-order valence-electron chi connectivity index (χ0n) is 20.5. The van der Waals surface area contributed by atoms with Crippen molar-refractivity contribution in [3.05, 3.63) is 107 Å². The van der Waals surface area contributed by atoms with Gasteiger partial charge in [-0.15, -0.1) is 0 Å². The van der Waals surface area contributed by atoms with Gasteiger partial charge in [-0.25, -0.2) is 4.68 Å². The van der Waals surface area contributed by atoms with Crippen molar-refractivity contribution in [1.82, 2.24) is 14.7 Å². The molecule has 0 amide bonds. The summed E-state index contributed by atoms with van der Waals surface area (Å²) in [7, 11) is 0. The molecule has 4 aromatic rings. The number of aliphatic hydroxyl groups is 1. The van der Waals surface area contributed by atoms with Crippen LogP contribution in [-0.2, 0) is 13.0 Å². The van der Waals surface area contributed by atoms with E-state index in [4.69, 9.17) is 9.84 Å². The molecule has 0 saturated heterocycles. The molecular weight excluding hydrogens is 434 g/mol. The van der Waals surface area contributed by atoms with Crippen LogP contribution in [0.1, 0.15) is 35.2 Å². The van der Waals surface area contributed by atoms with Crippen molar-refractivity contribution >= 4 is 0 Å². The standard InChI is InChI=1S/C30H33N3O2/c1-22-13-17-28(18-14-22)35-30-29(23(2)31-33(30)26-11-7-4-8-12-26)21-32(25-15-16-25)20-27(34)19-24-9-5-3-6-10-24/h3-14,17-18,25,27,34H,15-16,19-21H2,1-2H3/t27-/m0/s1. The van der Waals surface area contributed by atoms with Crippen LogP contribution in [0.4, 0.5) is 0 Å². The Morgan fingerprint density at radius 2 is 1.60 bits per heavy atom. The SMILES string of the molecule is Cc1ccc(Oc2c(CN(C[C@@H](O)Cc3ccccc3)C3CC3)c(C)nn2-c2ccccc2)cc1. The molecule has 3 aromatic carbocycles. The van der Waals surface area contributed by atoms with E-state index in [1.807, 2.05) is 72.3 Å². The predicted octanol–water partition coefficient (Wildman–Crippen LogP) is 5.85. The summed E-state index contributed by atoms with van der Waals surface area (Å²) in [6.45, 7) is 5.43. The lowest BCUT2D eigenvalue weighted by Crippen LogP contribution is -2.35. The van der Waals surface area contributed by atoms with E-state index in [-0.39, 0.29) is 0 Å². The molecule has 0 spiro atoms. The maximum atomic E-state index is 10.9. The number of nitrogens with zero attached hydrogens (tertiary/aromatic N) is 3. The minimum absolute atomic E-state index is 0.427. The Morgan fingerprint density at radius 3 is 2.26 bits per heavy atom. The van der Waals surface area contributed by atoms with E-state index < -0.39 is 6.10 Å². The average molecular weight is 468 g/mol. The highest BCUT2D eigenvalue weighted by Gasteiger charge is 2.32. The Balaban J connectivity index is 1.43. The van der Waals surface area contributed by atoms with Crippen LogP contribution < -0.4 is 4.74 Å². The molecule has 5 rings (SSSR count). The molecule has 1 aliphatic rings. The van der Waals surface area contributed by atoms with E-state index in [9.17, 15) is 5.11 Å². The first-order valence-electron chi connectivity index (χ1n) is 12.4. The second-order valence-electron chi connectivity index (χ2n) is 9.54.